The highest BCUT2D eigenvalue weighted by molar-refractivity contribution is 5.90. The molecular formula is C23H19FN6O2. The van der Waals surface area contributed by atoms with Crippen molar-refractivity contribution in [1.82, 2.24) is 23.8 Å². The van der Waals surface area contributed by atoms with Gasteiger partial charge in [0.05, 0.1) is 11.4 Å². The minimum atomic E-state index is -0.554. The molecule has 0 fully saturated rings. The normalized spacial score (nSPS) is 11.3. The van der Waals surface area contributed by atoms with E-state index in [0.29, 0.717) is 11.2 Å². The summed E-state index contributed by atoms with van der Waals surface area (Å²) in [5.41, 5.74) is 4.55. The Balaban J connectivity index is 1.53. The molecule has 2 aromatic carbocycles. The van der Waals surface area contributed by atoms with Gasteiger partial charge in [0.25, 0.3) is 0 Å². The Morgan fingerprint density at radius 3 is 2.69 bits per heavy atom. The number of rotatable bonds is 4. The van der Waals surface area contributed by atoms with E-state index in [-0.39, 0.29) is 12.2 Å². The zero-order valence-corrected chi connectivity index (χ0v) is 17.4. The van der Waals surface area contributed by atoms with Gasteiger partial charge in [0, 0.05) is 18.0 Å². The quantitative estimate of drug-likeness (QED) is 0.475. The monoisotopic (exact) mass is 430 g/mol. The van der Waals surface area contributed by atoms with Crippen molar-refractivity contribution in [1.29, 1.82) is 0 Å². The molecule has 0 aliphatic heterocycles. The molecule has 0 spiro atoms. The maximum Gasteiger partial charge on any atom is 0.350 e. The van der Waals surface area contributed by atoms with Crippen LogP contribution in [0.1, 0.15) is 11.1 Å². The Morgan fingerprint density at radius 2 is 1.88 bits per heavy atom. The van der Waals surface area contributed by atoms with Crippen molar-refractivity contribution in [3.63, 3.8) is 0 Å². The molecule has 0 unspecified atom stereocenters. The standard InChI is InChI=1S/C23H19FN6O2/c1-14-7-8-15(2)16(11-14)19-12-20-22-27-30(23(32)28(22)9-10-29(20)26-19)13-21(31)25-18-6-4-3-5-17(18)24/h3-12H,13H2,1-2H3,(H,25,31). The second-order valence-electron chi connectivity index (χ2n) is 7.64. The van der Waals surface area contributed by atoms with E-state index in [4.69, 9.17) is 0 Å². The first-order chi connectivity index (χ1) is 15.4. The summed E-state index contributed by atoms with van der Waals surface area (Å²) in [5, 5.41) is 11.4. The van der Waals surface area contributed by atoms with E-state index in [9.17, 15) is 14.0 Å². The van der Waals surface area contributed by atoms with Gasteiger partial charge in [-0.3, -0.25) is 4.79 Å². The highest BCUT2D eigenvalue weighted by Crippen LogP contribution is 2.25. The Kier molecular flexibility index (Phi) is 4.58. The number of hydrogen-bond donors (Lipinski definition) is 1. The molecular weight excluding hydrogens is 411 g/mol. The van der Waals surface area contributed by atoms with Gasteiger partial charge >= 0.3 is 5.69 Å². The third kappa shape index (κ3) is 3.33. The third-order valence-corrected chi connectivity index (χ3v) is 5.30. The van der Waals surface area contributed by atoms with E-state index >= 15 is 0 Å². The lowest BCUT2D eigenvalue weighted by atomic mass is 10.0. The number of hydrogen-bond acceptors (Lipinski definition) is 4. The lowest BCUT2D eigenvalue weighted by molar-refractivity contribution is -0.117. The number of para-hydroxylation sites is 1. The van der Waals surface area contributed by atoms with Crippen LogP contribution in [0.5, 0.6) is 0 Å². The topological polar surface area (TPSA) is 85.7 Å². The molecule has 160 valence electrons. The maximum absolute atomic E-state index is 13.8. The van der Waals surface area contributed by atoms with Crippen molar-refractivity contribution in [2.24, 2.45) is 0 Å². The van der Waals surface area contributed by atoms with Gasteiger partial charge in [0.15, 0.2) is 5.65 Å². The predicted octanol–water partition coefficient (Wildman–Crippen LogP) is 3.21. The lowest BCUT2D eigenvalue weighted by Crippen LogP contribution is -2.28. The number of halogens is 1. The second kappa shape index (κ2) is 7.45. The molecule has 0 saturated heterocycles. The molecule has 0 aliphatic carbocycles. The van der Waals surface area contributed by atoms with Crippen LogP contribution in [0.4, 0.5) is 10.1 Å². The minimum absolute atomic E-state index is 0.0469. The van der Waals surface area contributed by atoms with Gasteiger partial charge in [-0.2, -0.15) is 5.10 Å². The van der Waals surface area contributed by atoms with E-state index in [2.05, 4.69) is 21.6 Å². The van der Waals surface area contributed by atoms with Gasteiger partial charge < -0.3 is 5.32 Å². The van der Waals surface area contributed by atoms with Crippen molar-refractivity contribution < 1.29 is 9.18 Å². The van der Waals surface area contributed by atoms with E-state index in [1.54, 1.807) is 23.0 Å². The maximum atomic E-state index is 13.8. The lowest BCUT2D eigenvalue weighted by Gasteiger charge is -2.05. The summed E-state index contributed by atoms with van der Waals surface area (Å²) in [5.74, 6) is -1.11. The predicted molar refractivity (Wildman–Crippen MR) is 118 cm³/mol. The van der Waals surface area contributed by atoms with Gasteiger partial charge in [0.2, 0.25) is 5.91 Å². The number of aryl methyl sites for hydroxylation is 2. The number of nitrogens with zero attached hydrogens (tertiary/aromatic N) is 5. The Bertz CT molecular complexity index is 1560. The Labute approximate surface area is 181 Å². The highest BCUT2D eigenvalue weighted by Gasteiger charge is 2.16. The first-order valence-electron chi connectivity index (χ1n) is 10.0. The number of anilines is 1. The Hall–Kier alpha value is -4.27. The molecule has 9 heteroatoms. The van der Waals surface area contributed by atoms with Crippen molar-refractivity contribution in [3.05, 3.63) is 88.4 Å². The summed E-state index contributed by atoms with van der Waals surface area (Å²) in [6, 6.07) is 13.8. The molecule has 32 heavy (non-hydrogen) atoms. The number of fused-ring (bicyclic) bond motifs is 3. The number of carbonyl (C=O) groups is 1. The second-order valence-corrected chi connectivity index (χ2v) is 7.64. The summed E-state index contributed by atoms with van der Waals surface area (Å²) in [6.45, 7) is 3.69. The number of aromatic nitrogens is 5. The summed E-state index contributed by atoms with van der Waals surface area (Å²) in [6.07, 6.45) is 3.23. The summed E-state index contributed by atoms with van der Waals surface area (Å²) >= 11 is 0. The van der Waals surface area contributed by atoms with Crippen molar-refractivity contribution >= 4 is 22.8 Å². The van der Waals surface area contributed by atoms with Gasteiger partial charge in [-0.05, 0) is 43.7 Å². The van der Waals surface area contributed by atoms with E-state index < -0.39 is 17.4 Å². The van der Waals surface area contributed by atoms with Gasteiger partial charge in [-0.15, -0.1) is 5.10 Å². The zero-order valence-electron chi connectivity index (χ0n) is 17.4. The molecule has 8 nitrogen and oxygen atoms in total. The van der Waals surface area contributed by atoms with Crippen molar-refractivity contribution in [2.45, 2.75) is 20.4 Å². The molecule has 3 heterocycles. The molecule has 0 atom stereocenters. The first kappa shape index (κ1) is 19.7. The average Bonchev–Trinajstić information content (AvgIpc) is 3.33. The molecule has 3 aromatic heterocycles. The van der Waals surface area contributed by atoms with Crippen LogP contribution in [0, 0.1) is 19.7 Å². The van der Waals surface area contributed by atoms with Crippen LogP contribution in [-0.2, 0) is 11.3 Å². The van der Waals surface area contributed by atoms with Crippen molar-refractivity contribution in [3.8, 4) is 11.3 Å². The largest absolute Gasteiger partial charge is 0.350 e. The summed E-state index contributed by atoms with van der Waals surface area (Å²) < 4.78 is 17.9. The molecule has 5 aromatic rings. The zero-order chi connectivity index (χ0) is 22.4. The SMILES string of the molecule is Cc1ccc(C)c(-c2cc3c4nn(CC(=O)Nc5ccccc5F)c(=O)n4ccn3n2)c1. The number of benzene rings is 2. The Morgan fingerprint density at radius 1 is 1.06 bits per heavy atom. The third-order valence-electron chi connectivity index (χ3n) is 5.30. The molecule has 0 radical (unpaired) electrons. The van der Waals surface area contributed by atoms with E-state index in [1.165, 1.54) is 22.6 Å². The number of amides is 1. The van der Waals surface area contributed by atoms with Gasteiger partial charge in [-0.1, -0.05) is 29.8 Å². The molecule has 1 amide bonds. The van der Waals surface area contributed by atoms with Crippen LogP contribution in [-0.4, -0.2) is 29.7 Å². The van der Waals surface area contributed by atoms with E-state index in [1.807, 2.05) is 32.0 Å². The minimum Gasteiger partial charge on any atom is -0.322 e. The first-order valence-corrected chi connectivity index (χ1v) is 10.0. The van der Waals surface area contributed by atoms with Crippen LogP contribution in [0.3, 0.4) is 0 Å². The molecule has 0 saturated carbocycles. The fourth-order valence-electron chi connectivity index (χ4n) is 3.67. The summed E-state index contributed by atoms with van der Waals surface area (Å²) in [7, 11) is 0. The molecule has 0 bridgehead atoms. The highest BCUT2D eigenvalue weighted by atomic mass is 19.1. The number of carbonyl (C=O) groups excluding carboxylic acids is 1. The molecule has 0 aliphatic rings. The summed E-state index contributed by atoms with van der Waals surface area (Å²) in [4.78, 5) is 25.2. The molecule has 5 rings (SSSR count). The van der Waals surface area contributed by atoms with Crippen LogP contribution in [0.15, 0.2) is 65.7 Å². The molecule has 1 N–H and O–H groups in total. The smallest absolute Gasteiger partial charge is 0.322 e. The van der Waals surface area contributed by atoms with Gasteiger partial charge in [0.1, 0.15) is 17.9 Å². The van der Waals surface area contributed by atoms with Crippen LogP contribution in [0.2, 0.25) is 0 Å². The van der Waals surface area contributed by atoms with Crippen molar-refractivity contribution in [2.75, 3.05) is 5.32 Å². The van der Waals surface area contributed by atoms with E-state index in [0.717, 1.165) is 27.1 Å². The van der Waals surface area contributed by atoms with Crippen LogP contribution < -0.4 is 11.0 Å². The average molecular weight is 430 g/mol. The fraction of sp³-hybridized carbons (Fsp3) is 0.130. The number of nitrogens with one attached hydrogen (secondary N) is 1. The van der Waals surface area contributed by atoms with Crippen LogP contribution >= 0.6 is 0 Å². The fourth-order valence-corrected chi connectivity index (χ4v) is 3.67. The van der Waals surface area contributed by atoms with Crippen LogP contribution in [0.25, 0.3) is 22.4 Å². The van der Waals surface area contributed by atoms with Gasteiger partial charge in [-0.25, -0.2) is 22.8 Å².